The minimum atomic E-state index is 0.750. The normalized spacial score (nSPS) is 21.1. The van der Waals surface area contributed by atoms with E-state index in [1.165, 1.54) is 55.5 Å². The molecular weight excluding hydrogens is 297 g/mol. The summed E-state index contributed by atoms with van der Waals surface area (Å²) < 4.78 is 1.17. The Balaban J connectivity index is 1.49. The third kappa shape index (κ3) is 3.14. The van der Waals surface area contributed by atoms with Crippen LogP contribution in [0, 0.1) is 5.92 Å². The molecule has 1 aliphatic carbocycles. The van der Waals surface area contributed by atoms with Crippen molar-refractivity contribution in [2.24, 2.45) is 5.92 Å². The van der Waals surface area contributed by atoms with Crippen LogP contribution >= 0.6 is 0 Å². The van der Waals surface area contributed by atoms with Crippen LogP contribution in [0.15, 0.2) is 18.3 Å². The Hall–Kier alpha value is -0.532. The van der Waals surface area contributed by atoms with Crippen LogP contribution in [0.4, 0.5) is 5.69 Å². The summed E-state index contributed by atoms with van der Waals surface area (Å²) in [6, 6.07) is 5.10. The van der Waals surface area contributed by atoms with Gasteiger partial charge in [0.05, 0.1) is 0 Å². The van der Waals surface area contributed by atoms with Gasteiger partial charge in [0.25, 0.3) is 0 Å². The number of rotatable bonds is 4. The van der Waals surface area contributed by atoms with Gasteiger partial charge in [0.1, 0.15) is 0 Å². The van der Waals surface area contributed by atoms with Crippen LogP contribution in [0.2, 0.25) is 0 Å². The molecule has 1 aromatic heterocycles. The number of hydrogen-bond donors (Lipinski definition) is 0. The zero-order valence-electron chi connectivity index (χ0n) is 11.8. The number of anilines is 1. The maximum absolute atomic E-state index is 4.29. The van der Waals surface area contributed by atoms with E-state index in [9.17, 15) is 0 Å². The third-order valence-electron chi connectivity index (χ3n) is 4.64. The molecule has 1 saturated carbocycles. The average Bonchev–Trinajstić information content (AvgIpc) is 2.80. The quantitative estimate of drug-likeness (QED) is 0.759. The first kappa shape index (κ1) is 13.5. The van der Waals surface area contributed by atoms with E-state index in [1.54, 1.807) is 16.9 Å². The second kappa shape index (κ2) is 5.85. The Labute approximate surface area is 124 Å². The van der Waals surface area contributed by atoms with Gasteiger partial charge in [-0.3, -0.25) is 0 Å². The first-order chi connectivity index (χ1) is 9.22. The topological polar surface area (TPSA) is 19.4 Å². The molecular formula is C15H24AsN3. The standard InChI is InChI=1S/C15H24AsN3/c1-18(9-12-4-2-3-5-12)14-10-19(11-14)13-6-7-17-15(16)8-13/h6-8,12,14H,2-5,9-11,16H2,1H3. The summed E-state index contributed by atoms with van der Waals surface area (Å²) in [4.78, 5) is 9.35. The third-order valence-corrected chi connectivity index (χ3v) is 5.30. The van der Waals surface area contributed by atoms with E-state index in [0.29, 0.717) is 0 Å². The molecule has 0 spiro atoms. The minimum absolute atomic E-state index is 0.750. The molecule has 3 nitrogen and oxygen atoms in total. The summed E-state index contributed by atoms with van der Waals surface area (Å²) in [6.45, 7) is 3.66. The molecule has 1 aliphatic heterocycles. The molecule has 0 N–H and O–H groups in total. The molecule has 2 heterocycles. The van der Waals surface area contributed by atoms with Crippen molar-refractivity contribution >= 4 is 27.0 Å². The van der Waals surface area contributed by atoms with Crippen molar-refractivity contribution in [1.82, 2.24) is 9.88 Å². The zero-order valence-corrected chi connectivity index (χ0v) is 14.2. The molecule has 3 rings (SSSR count). The van der Waals surface area contributed by atoms with Crippen LogP contribution in [0.3, 0.4) is 0 Å². The van der Waals surface area contributed by atoms with Gasteiger partial charge in [-0.05, 0) is 0 Å². The van der Waals surface area contributed by atoms with Crippen molar-refractivity contribution in [3.63, 3.8) is 0 Å². The Morgan fingerprint density at radius 2 is 2.11 bits per heavy atom. The monoisotopic (exact) mass is 321 g/mol. The molecule has 19 heavy (non-hydrogen) atoms. The summed E-state index contributed by atoms with van der Waals surface area (Å²) in [5, 5.41) is 0. The van der Waals surface area contributed by atoms with Crippen molar-refractivity contribution in [3.05, 3.63) is 18.3 Å². The number of aromatic nitrogens is 1. The van der Waals surface area contributed by atoms with Crippen LogP contribution < -0.4 is 9.38 Å². The van der Waals surface area contributed by atoms with Gasteiger partial charge in [-0.1, -0.05) is 0 Å². The molecule has 0 bridgehead atoms. The van der Waals surface area contributed by atoms with Gasteiger partial charge >= 0.3 is 124 Å². The van der Waals surface area contributed by atoms with Gasteiger partial charge in [-0.15, -0.1) is 0 Å². The Bertz CT molecular complexity index is 425. The van der Waals surface area contributed by atoms with Gasteiger partial charge in [-0.2, -0.15) is 0 Å². The molecule has 2 fully saturated rings. The SMILES string of the molecule is CN(CC1CCCC1)C1CN(c2ccnc([AsH2])c2)C1. The van der Waals surface area contributed by atoms with Crippen LogP contribution in [0.25, 0.3) is 0 Å². The van der Waals surface area contributed by atoms with Crippen LogP contribution in [-0.4, -0.2) is 59.5 Å². The van der Waals surface area contributed by atoms with Gasteiger partial charge in [0.15, 0.2) is 0 Å². The van der Waals surface area contributed by atoms with Crippen molar-refractivity contribution in [2.75, 3.05) is 31.6 Å². The fourth-order valence-corrected chi connectivity index (χ4v) is 3.87. The number of likely N-dealkylation sites (N-methyl/N-ethyl adjacent to an activating group) is 1. The van der Waals surface area contributed by atoms with Crippen molar-refractivity contribution in [1.29, 1.82) is 0 Å². The van der Waals surface area contributed by atoms with E-state index in [-0.39, 0.29) is 0 Å². The molecule has 1 atom stereocenters. The predicted molar refractivity (Wildman–Crippen MR) is 83.0 cm³/mol. The fourth-order valence-electron chi connectivity index (χ4n) is 3.33. The molecule has 1 saturated heterocycles. The van der Waals surface area contributed by atoms with E-state index < -0.39 is 0 Å². The van der Waals surface area contributed by atoms with Crippen LogP contribution in [0.1, 0.15) is 25.7 Å². The molecule has 0 amide bonds. The molecule has 1 aromatic rings. The van der Waals surface area contributed by atoms with E-state index in [2.05, 4.69) is 34.0 Å². The van der Waals surface area contributed by atoms with E-state index in [1.807, 2.05) is 6.20 Å². The van der Waals surface area contributed by atoms with Gasteiger partial charge in [0, 0.05) is 0 Å². The number of pyridine rings is 1. The molecule has 0 aromatic carbocycles. The zero-order chi connectivity index (χ0) is 13.2. The summed E-state index contributed by atoms with van der Waals surface area (Å²) in [7, 11) is 2.31. The van der Waals surface area contributed by atoms with Crippen molar-refractivity contribution in [2.45, 2.75) is 31.7 Å². The number of nitrogens with zero attached hydrogens (tertiary/aromatic N) is 3. The van der Waals surface area contributed by atoms with Gasteiger partial charge < -0.3 is 0 Å². The van der Waals surface area contributed by atoms with E-state index in [0.717, 1.165) is 12.0 Å². The molecule has 1 unspecified atom stereocenters. The fraction of sp³-hybridized carbons (Fsp3) is 0.667. The Kier molecular flexibility index (Phi) is 4.14. The van der Waals surface area contributed by atoms with E-state index >= 15 is 0 Å². The molecule has 104 valence electrons. The summed E-state index contributed by atoms with van der Waals surface area (Å²) >= 11 is 1.60. The summed E-state index contributed by atoms with van der Waals surface area (Å²) in [6.07, 6.45) is 7.74. The first-order valence-electron chi connectivity index (χ1n) is 7.39. The Morgan fingerprint density at radius 3 is 2.79 bits per heavy atom. The van der Waals surface area contributed by atoms with Gasteiger partial charge in [-0.25, -0.2) is 0 Å². The van der Waals surface area contributed by atoms with Crippen molar-refractivity contribution < 1.29 is 0 Å². The molecule has 2 aliphatic rings. The Morgan fingerprint density at radius 1 is 1.37 bits per heavy atom. The molecule has 0 radical (unpaired) electrons. The van der Waals surface area contributed by atoms with Crippen LogP contribution in [-0.2, 0) is 0 Å². The number of hydrogen-bond acceptors (Lipinski definition) is 3. The van der Waals surface area contributed by atoms with Crippen LogP contribution in [0.5, 0.6) is 0 Å². The maximum atomic E-state index is 4.29. The first-order valence-corrected chi connectivity index (χ1v) is 8.60. The summed E-state index contributed by atoms with van der Waals surface area (Å²) in [5.74, 6) is 0.963. The summed E-state index contributed by atoms with van der Waals surface area (Å²) in [5.41, 5.74) is 1.35. The van der Waals surface area contributed by atoms with E-state index in [4.69, 9.17) is 0 Å². The molecule has 4 heteroatoms. The van der Waals surface area contributed by atoms with Crippen molar-refractivity contribution in [3.8, 4) is 0 Å². The van der Waals surface area contributed by atoms with Gasteiger partial charge in [0.2, 0.25) is 0 Å². The predicted octanol–water partition coefficient (Wildman–Crippen LogP) is 0.651. The second-order valence-corrected chi connectivity index (χ2v) is 7.33. The second-order valence-electron chi connectivity index (χ2n) is 6.09. The average molecular weight is 321 g/mol.